The minimum Gasteiger partial charge on any atom is -0.451 e. The lowest BCUT2D eigenvalue weighted by Crippen LogP contribution is -2.39. The summed E-state index contributed by atoms with van der Waals surface area (Å²) in [6.45, 7) is 6.15. The van der Waals surface area contributed by atoms with Gasteiger partial charge in [-0.15, -0.1) is 0 Å². The molecule has 1 saturated heterocycles. The normalized spacial score (nSPS) is 16.8. The standard InChI is InChI=1S/C17H22N2O2/c1-11(2)12-5-7-19(8-6-12)17(20)16-10-13-9-14(18)3-4-15(13)21-16/h3-4,9-12H,5-8,18H2,1-2H3. The van der Waals surface area contributed by atoms with Crippen LogP contribution in [0.4, 0.5) is 5.69 Å². The van der Waals surface area contributed by atoms with E-state index in [1.807, 2.05) is 17.0 Å². The highest BCUT2D eigenvalue weighted by atomic mass is 16.3. The molecule has 2 N–H and O–H groups in total. The number of fused-ring (bicyclic) bond motifs is 1. The van der Waals surface area contributed by atoms with Crippen LogP contribution >= 0.6 is 0 Å². The van der Waals surface area contributed by atoms with Gasteiger partial charge in [0.05, 0.1) is 0 Å². The van der Waals surface area contributed by atoms with E-state index in [1.165, 1.54) is 0 Å². The number of likely N-dealkylation sites (tertiary alicyclic amines) is 1. The van der Waals surface area contributed by atoms with Crippen molar-refractivity contribution in [3.8, 4) is 0 Å². The first-order valence-electron chi connectivity index (χ1n) is 7.63. The van der Waals surface area contributed by atoms with Gasteiger partial charge in [-0.2, -0.15) is 0 Å². The van der Waals surface area contributed by atoms with E-state index < -0.39 is 0 Å². The van der Waals surface area contributed by atoms with Gasteiger partial charge in [-0.25, -0.2) is 0 Å². The topological polar surface area (TPSA) is 59.5 Å². The Morgan fingerprint density at radius 3 is 2.67 bits per heavy atom. The lowest BCUT2D eigenvalue weighted by Gasteiger charge is -2.33. The van der Waals surface area contributed by atoms with Crippen molar-refractivity contribution >= 4 is 22.6 Å². The average Bonchev–Trinajstić information content (AvgIpc) is 2.89. The van der Waals surface area contributed by atoms with E-state index in [0.717, 1.165) is 37.2 Å². The second kappa shape index (κ2) is 5.43. The van der Waals surface area contributed by atoms with E-state index in [1.54, 1.807) is 12.1 Å². The van der Waals surface area contributed by atoms with Crippen molar-refractivity contribution < 1.29 is 9.21 Å². The number of hydrogen-bond donors (Lipinski definition) is 1. The Kier molecular flexibility index (Phi) is 3.62. The van der Waals surface area contributed by atoms with Crippen molar-refractivity contribution in [1.29, 1.82) is 0 Å². The van der Waals surface area contributed by atoms with Crippen LogP contribution < -0.4 is 5.73 Å². The molecular formula is C17H22N2O2. The molecule has 4 heteroatoms. The zero-order chi connectivity index (χ0) is 15.0. The number of piperidine rings is 1. The van der Waals surface area contributed by atoms with Crippen molar-refractivity contribution in [2.24, 2.45) is 11.8 Å². The number of furan rings is 1. The average molecular weight is 286 g/mol. The Morgan fingerprint density at radius 2 is 2.00 bits per heavy atom. The fourth-order valence-corrected chi connectivity index (χ4v) is 3.09. The molecule has 0 spiro atoms. The van der Waals surface area contributed by atoms with Crippen molar-refractivity contribution in [2.75, 3.05) is 18.8 Å². The number of amides is 1. The maximum Gasteiger partial charge on any atom is 0.289 e. The van der Waals surface area contributed by atoms with Crippen molar-refractivity contribution in [3.63, 3.8) is 0 Å². The first kappa shape index (κ1) is 14.0. The minimum absolute atomic E-state index is 0.00743. The van der Waals surface area contributed by atoms with Crippen LogP contribution in [0.1, 0.15) is 37.2 Å². The van der Waals surface area contributed by atoms with Crippen LogP contribution in [0.3, 0.4) is 0 Å². The van der Waals surface area contributed by atoms with Gasteiger partial charge in [-0.05, 0) is 48.9 Å². The Morgan fingerprint density at radius 1 is 1.29 bits per heavy atom. The van der Waals surface area contributed by atoms with Crippen molar-refractivity contribution in [2.45, 2.75) is 26.7 Å². The molecular weight excluding hydrogens is 264 g/mol. The summed E-state index contributed by atoms with van der Waals surface area (Å²) < 4.78 is 5.67. The van der Waals surface area contributed by atoms with Gasteiger partial charge in [0.2, 0.25) is 0 Å². The highest BCUT2D eigenvalue weighted by Crippen LogP contribution is 2.27. The van der Waals surface area contributed by atoms with Gasteiger partial charge in [0.25, 0.3) is 5.91 Å². The van der Waals surface area contributed by atoms with Gasteiger partial charge in [0.15, 0.2) is 5.76 Å². The molecule has 4 nitrogen and oxygen atoms in total. The summed E-state index contributed by atoms with van der Waals surface area (Å²) in [5.41, 5.74) is 7.15. The highest BCUT2D eigenvalue weighted by Gasteiger charge is 2.26. The van der Waals surface area contributed by atoms with E-state index in [4.69, 9.17) is 10.2 Å². The quantitative estimate of drug-likeness (QED) is 0.859. The number of rotatable bonds is 2. The number of carbonyl (C=O) groups excluding carboxylic acids is 1. The van der Waals surface area contributed by atoms with Gasteiger partial charge in [-0.3, -0.25) is 4.79 Å². The smallest absolute Gasteiger partial charge is 0.289 e. The van der Waals surface area contributed by atoms with Crippen LogP contribution in [0, 0.1) is 11.8 Å². The molecule has 1 aliphatic heterocycles. The summed E-state index contributed by atoms with van der Waals surface area (Å²) >= 11 is 0. The molecule has 2 aromatic rings. The fraction of sp³-hybridized carbons (Fsp3) is 0.471. The van der Waals surface area contributed by atoms with E-state index in [0.29, 0.717) is 22.9 Å². The van der Waals surface area contributed by atoms with E-state index in [9.17, 15) is 4.79 Å². The summed E-state index contributed by atoms with van der Waals surface area (Å²) in [5, 5.41) is 0.885. The predicted octanol–water partition coefficient (Wildman–Crippen LogP) is 3.52. The molecule has 1 aromatic heterocycles. The molecule has 1 amide bonds. The van der Waals surface area contributed by atoms with Crippen molar-refractivity contribution in [3.05, 3.63) is 30.0 Å². The Bertz CT molecular complexity index is 652. The van der Waals surface area contributed by atoms with Gasteiger partial charge in [0.1, 0.15) is 5.58 Å². The number of benzene rings is 1. The molecule has 21 heavy (non-hydrogen) atoms. The third-order valence-electron chi connectivity index (χ3n) is 4.52. The van der Waals surface area contributed by atoms with Crippen LogP contribution in [0.15, 0.2) is 28.7 Å². The van der Waals surface area contributed by atoms with Gasteiger partial charge in [-0.1, -0.05) is 13.8 Å². The molecule has 1 fully saturated rings. The third-order valence-corrected chi connectivity index (χ3v) is 4.52. The molecule has 0 atom stereocenters. The molecule has 0 unspecified atom stereocenters. The van der Waals surface area contributed by atoms with Crippen LogP contribution in [0.5, 0.6) is 0 Å². The largest absolute Gasteiger partial charge is 0.451 e. The minimum atomic E-state index is -0.00743. The molecule has 112 valence electrons. The molecule has 0 bridgehead atoms. The molecule has 1 aromatic carbocycles. The summed E-state index contributed by atoms with van der Waals surface area (Å²) in [4.78, 5) is 14.4. The van der Waals surface area contributed by atoms with Gasteiger partial charge in [0, 0.05) is 24.2 Å². The van der Waals surface area contributed by atoms with Crippen LogP contribution in [0.2, 0.25) is 0 Å². The monoisotopic (exact) mass is 286 g/mol. The van der Waals surface area contributed by atoms with Crippen molar-refractivity contribution in [1.82, 2.24) is 4.90 Å². The van der Waals surface area contributed by atoms with Gasteiger partial charge < -0.3 is 15.1 Å². The van der Waals surface area contributed by atoms with E-state index in [-0.39, 0.29) is 5.91 Å². The Labute approximate surface area is 124 Å². The highest BCUT2D eigenvalue weighted by molar-refractivity contribution is 5.96. The first-order chi connectivity index (χ1) is 10.0. The summed E-state index contributed by atoms with van der Waals surface area (Å²) in [6.07, 6.45) is 2.16. The third kappa shape index (κ3) is 2.75. The SMILES string of the molecule is CC(C)C1CCN(C(=O)c2cc3cc(N)ccc3o2)CC1. The summed E-state index contributed by atoms with van der Waals surface area (Å²) in [5.74, 6) is 1.83. The second-order valence-corrected chi connectivity index (χ2v) is 6.28. The number of nitrogens with two attached hydrogens (primary N) is 1. The molecule has 0 radical (unpaired) electrons. The molecule has 0 aliphatic carbocycles. The molecule has 3 rings (SSSR count). The lowest BCUT2D eigenvalue weighted by molar-refractivity contribution is 0.0638. The number of anilines is 1. The zero-order valence-corrected chi connectivity index (χ0v) is 12.6. The number of nitrogens with zero attached hydrogens (tertiary/aromatic N) is 1. The first-order valence-corrected chi connectivity index (χ1v) is 7.63. The fourth-order valence-electron chi connectivity index (χ4n) is 3.09. The lowest BCUT2D eigenvalue weighted by atomic mass is 9.87. The summed E-state index contributed by atoms with van der Waals surface area (Å²) in [7, 11) is 0. The second-order valence-electron chi connectivity index (χ2n) is 6.28. The van der Waals surface area contributed by atoms with Crippen LogP contribution in [-0.4, -0.2) is 23.9 Å². The Hall–Kier alpha value is -1.97. The Balaban J connectivity index is 1.75. The van der Waals surface area contributed by atoms with Gasteiger partial charge >= 0.3 is 0 Å². The zero-order valence-electron chi connectivity index (χ0n) is 12.6. The molecule has 1 aliphatic rings. The number of carbonyl (C=O) groups is 1. The van der Waals surface area contributed by atoms with Crippen LogP contribution in [-0.2, 0) is 0 Å². The van der Waals surface area contributed by atoms with Crippen LogP contribution in [0.25, 0.3) is 11.0 Å². The molecule has 0 saturated carbocycles. The maximum atomic E-state index is 12.5. The number of nitrogen functional groups attached to an aromatic ring is 1. The predicted molar refractivity (Wildman–Crippen MR) is 84.1 cm³/mol. The van der Waals surface area contributed by atoms with E-state index >= 15 is 0 Å². The van der Waals surface area contributed by atoms with E-state index in [2.05, 4.69) is 13.8 Å². The maximum absolute atomic E-state index is 12.5. The molecule has 2 heterocycles. The summed E-state index contributed by atoms with van der Waals surface area (Å²) in [6, 6.07) is 7.23. The number of hydrogen-bond acceptors (Lipinski definition) is 3.